The van der Waals surface area contributed by atoms with Crippen LogP contribution in [-0.2, 0) is 4.79 Å². The van der Waals surface area contributed by atoms with Gasteiger partial charge in [0.05, 0.1) is 0 Å². The highest BCUT2D eigenvalue weighted by atomic mass is 35.5. The molecule has 5 rings (SSSR count). The Morgan fingerprint density at radius 2 is 1.78 bits per heavy atom. The number of nitrogens with zero attached hydrogens (tertiary/aromatic N) is 4. The summed E-state index contributed by atoms with van der Waals surface area (Å²) in [6.45, 7) is 2.20. The number of fused-ring (bicyclic) bond motifs is 2. The first-order valence-corrected chi connectivity index (χ1v) is 11.7. The number of carbonyl (C=O) groups is 2. The predicted molar refractivity (Wildman–Crippen MR) is 125 cm³/mol. The number of hydrogen-bond acceptors (Lipinski definition) is 5. The topological polar surface area (TPSA) is 91.4 Å². The smallest absolute Gasteiger partial charge is 0.406 e. The maximum atomic E-state index is 13.1. The van der Waals surface area contributed by atoms with Gasteiger partial charge in [0, 0.05) is 42.8 Å². The average Bonchev–Trinajstić information content (AvgIpc) is 3.46. The lowest BCUT2D eigenvalue weighted by molar-refractivity contribution is -0.274. The van der Waals surface area contributed by atoms with E-state index in [0.29, 0.717) is 48.3 Å². The standard InChI is InChI=1S/C24H21ClF3N5O3/c25-18-7-14(8-19(10-18)36-24(26,27)28)1-4-22(34)33-11-16-5-6-32(12-17(16)13-33)23(35)15-2-3-20-21(9-15)30-31-29-20/h1-4,7-10,16-17H,5-6,11-13H2,(H,29,30,31)/t16-,17-/m1/s1. The van der Waals surface area contributed by atoms with Gasteiger partial charge in [0.1, 0.15) is 16.8 Å². The number of aromatic nitrogens is 3. The van der Waals surface area contributed by atoms with Crippen molar-refractivity contribution in [3.63, 3.8) is 0 Å². The van der Waals surface area contributed by atoms with E-state index in [9.17, 15) is 22.8 Å². The number of alkyl halides is 3. The number of nitrogens with one attached hydrogen (secondary N) is 1. The Labute approximate surface area is 208 Å². The first-order valence-electron chi connectivity index (χ1n) is 11.3. The molecule has 2 atom stereocenters. The minimum atomic E-state index is -4.84. The van der Waals surface area contributed by atoms with Gasteiger partial charge in [0.15, 0.2) is 0 Å². The number of halogens is 4. The van der Waals surface area contributed by atoms with Crippen molar-refractivity contribution in [1.82, 2.24) is 25.2 Å². The van der Waals surface area contributed by atoms with Crippen molar-refractivity contribution in [3.05, 3.63) is 58.6 Å². The molecule has 36 heavy (non-hydrogen) atoms. The molecule has 2 aliphatic heterocycles. The molecular weight excluding hydrogens is 499 g/mol. The number of likely N-dealkylation sites (tertiary alicyclic amines) is 2. The molecule has 2 aliphatic rings. The molecule has 12 heteroatoms. The molecule has 0 spiro atoms. The van der Waals surface area contributed by atoms with E-state index in [4.69, 9.17) is 11.6 Å². The lowest BCUT2D eigenvalue weighted by Crippen LogP contribution is -2.43. The summed E-state index contributed by atoms with van der Waals surface area (Å²) in [5.41, 5.74) is 2.16. The lowest BCUT2D eigenvalue weighted by atomic mass is 9.88. The highest BCUT2D eigenvalue weighted by Gasteiger charge is 2.39. The molecule has 0 bridgehead atoms. The average molecular weight is 520 g/mol. The molecule has 0 radical (unpaired) electrons. The fourth-order valence-corrected chi connectivity index (χ4v) is 5.07. The molecule has 0 saturated carbocycles. The number of ether oxygens (including phenoxy) is 1. The fraction of sp³-hybridized carbons (Fsp3) is 0.333. The molecule has 8 nitrogen and oxygen atoms in total. The minimum Gasteiger partial charge on any atom is -0.406 e. The van der Waals surface area contributed by atoms with Crippen molar-refractivity contribution in [1.29, 1.82) is 0 Å². The SMILES string of the molecule is O=C(C=Cc1cc(Cl)cc(OC(F)(F)F)c1)N1C[C@H]2CCN(C(=O)c3ccc4n[nH]nc4c3)C[C@@H]2C1. The Morgan fingerprint density at radius 3 is 2.58 bits per heavy atom. The zero-order valence-corrected chi connectivity index (χ0v) is 19.6. The zero-order chi connectivity index (χ0) is 25.4. The van der Waals surface area contributed by atoms with Crippen LogP contribution >= 0.6 is 11.6 Å². The van der Waals surface area contributed by atoms with Gasteiger partial charge in [-0.3, -0.25) is 9.59 Å². The summed E-state index contributed by atoms with van der Waals surface area (Å²) in [5.74, 6) is -0.365. The van der Waals surface area contributed by atoms with E-state index >= 15 is 0 Å². The van der Waals surface area contributed by atoms with Gasteiger partial charge < -0.3 is 14.5 Å². The van der Waals surface area contributed by atoms with Gasteiger partial charge in [-0.1, -0.05) is 11.6 Å². The third kappa shape index (κ3) is 5.30. The normalized spacial score (nSPS) is 20.2. The summed E-state index contributed by atoms with van der Waals surface area (Å²) in [5, 5.41) is 10.6. The Kier molecular flexibility index (Phi) is 6.33. The van der Waals surface area contributed by atoms with E-state index in [2.05, 4.69) is 20.1 Å². The van der Waals surface area contributed by atoms with Crippen LogP contribution < -0.4 is 4.74 Å². The molecule has 1 N–H and O–H groups in total. The molecule has 1 aromatic heterocycles. The number of rotatable bonds is 4. The second kappa shape index (κ2) is 9.45. The van der Waals surface area contributed by atoms with E-state index in [0.717, 1.165) is 18.6 Å². The monoisotopic (exact) mass is 519 g/mol. The summed E-state index contributed by atoms with van der Waals surface area (Å²) in [6.07, 6.45) is -1.33. The van der Waals surface area contributed by atoms with Gasteiger partial charge in [0.25, 0.3) is 5.91 Å². The first kappa shape index (κ1) is 24.1. The maximum Gasteiger partial charge on any atom is 0.573 e. The van der Waals surface area contributed by atoms with Crippen molar-refractivity contribution < 1.29 is 27.5 Å². The Morgan fingerprint density at radius 1 is 1.03 bits per heavy atom. The largest absolute Gasteiger partial charge is 0.573 e. The highest BCUT2D eigenvalue weighted by molar-refractivity contribution is 6.30. The summed E-state index contributed by atoms with van der Waals surface area (Å²) in [7, 11) is 0. The highest BCUT2D eigenvalue weighted by Crippen LogP contribution is 2.32. The summed E-state index contributed by atoms with van der Waals surface area (Å²) >= 11 is 5.89. The van der Waals surface area contributed by atoms with Crippen LogP contribution in [0.15, 0.2) is 42.5 Å². The molecule has 0 unspecified atom stereocenters. The van der Waals surface area contributed by atoms with Crippen LogP contribution in [0, 0.1) is 11.8 Å². The van der Waals surface area contributed by atoms with Gasteiger partial charge in [-0.2, -0.15) is 15.4 Å². The number of benzene rings is 2. The van der Waals surface area contributed by atoms with Gasteiger partial charge in [-0.05, 0) is 66.3 Å². The van der Waals surface area contributed by atoms with Crippen molar-refractivity contribution in [2.75, 3.05) is 26.2 Å². The molecule has 2 amide bonds. The predicted octanol–water partition coefficient (Wildman–Crippen LogP) is 4.14. The zero-order valence-electron chi connectivity index (χ0n) is 18.8. The molecule has 2 aromatic carbocycles. The number of piperidine rings is 1. The Balaban J connectivity index is 1.21. The molecule has 2 fully saturated rings. The molecule has 2 saturated heterocycles. The van der Waals surface area contributed by atoms with Gasteiger partial charge in [0.2, 0.25) is 5.91 Å². The Bertz CT molecular complexity index is 1340. The van der Waals surface area contributed by atoms with Crippen molar-refractivity contribution >= 4 is 40.5 Å². The fourth-order valence-electron chi connectivity index (χ4n) is 4.84. The molecular formula is C24H21ClF3N5O3. The van der Waals surface area contributed by atoms with Crippen LogP contribution in [0.4, 0.5) is 13.2 Å². The van der Waals surface area contributed by atoms with E-state index in [1.165, 1.54) is 18.2 Å². The molecule has 3 aromatic rings. The quantitative estimate of drug-likeness (QED) is 0.523. The van der Waals surface area contributed by atoms with Crippen molar-refractivity contribution in [2.24, 2.45) is 11.8 Å². The third-order valence-corrected chi connectivity index (χ3v) is 6.73. The second-order valence-electron chi connectivity index (χ2n) is 8.93. The second-order valence-corrected chi connectivity index (χ2v) is 9.37. The minimum absolute atomic E-state index is 0.0588. The van der Waals surface area contributed by atoms with Crippen molar-refractivity contribution in [2.45, 2.75) is 12.8 Å². The number of amides is 2. The van der Waals surface area contributed by atoms with Crippen molar-refractivity contribution in [3.8, 4) is 5.75 Å². The van der Waals surface area contributed by atoms with Gasteiger partial charge in [-0.15, -0.1) is 13.2 Å². The van der Waals surface area contributed by atoms with Gasteiger partial charge >= 0.3 is 6.36 Å². The van der Waals surface area contributed by atoms with E-state index in [1.807, 2.05) is 0 Å². The maximum absolute atomic E-state index is 13.1. The van der Waals surface area contributed by atoms with E-state index < -0.39 is 12.1 Å². The number of H-pyrrole nitrogens is 1. The number of hydrogen-bond donors (Lipinski definition) is 1. The molecule has 188 valence electrons. The molecule has 3 heterocycles. The first-order chi connectivity index (χ1) is 17.1. The molecule has 0 aliphatic carbocycles. The summed E-state index contributed by atoms with van der Waals surface area (Å²) in [4.78, 5) is 29.4. The van der Waals surface area contributed by atoms with Gasteiger partial charge in [-0.25, -0.2) is 0 Å². The number of carbonyl (C=O) groups excluding carboxylic acids is 2. The van der Waals surface area contributed by atoms with E-state index in [-0.39, 0.29) is 28.7 Å². The van der Waals surface area contributed by atoms with Crippen LogP contribution in [0.25, 0.3) is 17.1 Å². The van der Waals surface area contributed by atoms with Crippen LogP contribution in [-0.4, -0.2) is 69.6 Å². The summed E-state index contributed by atoms with van der Waals surface area (Å²) in [6, 6.07) is 8.85. The van der Waals surface area contributed by atoms with Crippen LogP contribution in [0.2, 0.25) is 5.02 Å². The van der Waals surface area contributed by atoms with Crippen LogP contribution in [0.1, 0.15) is 22.3 Å². The number of aromatic amines is 1. The third-order valence-electron chi connectivity index (χ3n) is 6.51. The lowest BCUT2D eigenvalue weighted by Gasteiger charge is -2.34. The van der Waals surface area contributed by atoms with Crippen LogP contribution in [0.5, 0.6) is 5.75 Å². The van der Waals surface area contributed by atoms with E-state index in [1.54, 1.807) is 28.0 Å². The Hall–Kier alpha value is -3.60. The van der Waals surface area contributed by atoms with Crippen LogP contribution in [0.3, 0.4) is 0 Å². The summed E-state index contributed by atoms with van der Waals surface area (Å²) < 4.78 is 41.5.